The van der Waals surface area contributed by atoms with E-state index in [9.17, 15) is 48.0 Å². The van der Waals surface area contributed by atoms with Crippen molar-refractivity contribution >= 4 is 31.6 Å². The Hall–Kier alpha value is -2.85. The van der Waals surface area contributed by atoms with E-state index in [1.54, 1.807) is 0 Å². The van der Waals surface area contributed by atoms with Crippen LogP contribution in [0.3, 0.4) is 0 Å². The van der Waals surface area contributed by atoms with Gasteiger partial charge in [0.05, 0.1) is 27.5 Å². The number of carbonyl (C=O) groups is 1. The second kappa shape index (κ2) is 9.72. The Balaban J connectivity index is 1.48. The maximum absolute atomic E-state index is 13.2. The van der Waals surface area contributed by atoms with Gasteiger partial charge in [-0.15, -0.1) is 0 Å². The molecular weight excluding hydrogens is 564 g/mol. The Kier molecular flexibility index (Phi) is 7.20. The van der Waals surface area contributed by atoms with Gasteiger partial charge in [0.2, 0.25) is 20.0 Å². The zero-order chi connectivity index (χ0) is 28.1. The Morgan fingerprint density at radius 3 is 1.76 bits per heavy atom. The largest absolute Gasteiger partial charge is 0.416 e. The fourth-order valence-electron chi connectivity index (χ4n) is 4.24. The van der Waals surface area contributed by atoms with Gasteiger partial charge >= 0.3 is 12.4 Å². The molecule has 0 saturated carbocycles. The van der Waals surface area contributed by atoms with E-state index in [4.69, 9.17) is 0 Å². The summed E-state index contributed by atoms with van der Waals surface area (Å²) in [6, 6.07) is 5.96. The van der Waals surface area contributed by atoms with Gasteiger partial charge in [-0.2, -0.15) is 30.6 Å². The monoisotopic (exact) mass is 585 g/mol. The third-order valence-electron chi connectivity index (χ3n) is 6.23. The molecule has 0 aromatic heterocycles. The number of piperazine rings is 1. The number of hydrogen-bond donors (Lipinski definition) is 0. The molecule has 0 N–H and O–H groups in total. The number of hydrogen-bond acceptors (Lipinski definition) is 5. The molecule has 38 heavy (non-hydrogen) atoms. The highest BCUT2D eigenvalue weighted by atomic mass is 32.2. The van der Waals surface area contributed by atoms with Crippen LogP contribution in [0.4, 0.5) is 32.0 Å². The van der Waals surface area contributed by atoms with Crippen molar-refractivity contribution in [3.8, 4) is 0 Å². The molecule has 2 aliphatic heterocycles. The molecule has 4 rings (SSSR count). The molecule has 0 bridgehead atoms. The van der Waals surface area contributed by atoms with Gasteiger partial charge in [-0.3, -0.25) is 9.10 Å². The molecule has 2 aromatic carbocycles. The molecule has 2 fully saturated rings. The SMILES string of the molecule is O=C(c1ccc(N2CCCS2(=O)=O)cc1)N1CCN(S(=O)(=O)c2cc(C(F)(F)F)cc(C(F)(F)F)c2)CC1. The fourth-order valence-corrected chi connectivity index (χ4v) is 7.30. The van der Waals surface area contributed by atoms with E-state index in [2.05, 4.69) is 0 Å². The van der Waals surface area contributed by atoms with Crippen LogP contribution < -0.4 is 4.31 Å². The predicted octanol–water partition coefficient (Wildman–Crippen LogP) is 3.41. The minimum Gasteiger partial charge on any atom is -0.336 e. The maximum Gasteiger partial charge on any atom is 0.416 e. The molecular formula is C22H21F6N3O5S2. The van der Waals surface area contributed by atoms with Crippen molar-refractivity contribution < 1.29 is 48.0 Å². The number of carbonyl (C=O) groups excluding carboxylic acids is 1. The van der Waals surface area contributed by atoms with Crippen LogP contribution in [-0.4, -0.2) is 70.4 Å². The highest BCUT2D eigenvalue weighted by molar-refractivity contribution is 7.93. The third-order valence-corrected chi connectivity index (χ3v) is 9.97. The summed E-state index contributed by atoms with van der Waals surface area (Å²) in [5, 5.41) is 0. The standard InChI is InChI=1S/C22H21F6N3O5S2/c23-21(24,25)16-12-17(22(26,27)28)14-19(13-16)38(35,36)30-9-7-29(8-10-30)20(32)15-2-4-18(5-3-15)31-6-1-11-37(31,33)34/h2-5,12-14H,1,6-11H2. The van der Waals surface area contributed by atoms with Crippen LogP contribution in [0.5, 0.6) is 0 Å². The van der Waals surface area contributed by atoms with Gasteiger partial charge in [0, 0.05) is 38.3 Å². The lowest BCUT2D eigenvalue weighted by molar-refractivity contribution is -0.143. The number of benzene rings is 2. The number of anilines is 1. The normalized spacial score (nSPS) is 19.1. The van der Waals surface area contributed by atoms with Crippen molar-refractivity contribution in [1.82, 2.24) is 9.21 Å². The highest BCUT2D eigenvalue weighted by Crippen LogP contribution is 2.38. The molecule has 2 saturated heterocycles. The molecule has 0 atom stereocenters. The van der Waals surface area contributed by atoms with E-state index in [0.29, 0.717) is 18.7 Å². The van der Waals surface area contributed by atoms with Crippen LogP contribution in [0.1, 0.15) is 27.9 Å². The van der Waals surface area contributed by atoms with E-state index in [-0.39, 0.29) is 55.7 Å². The van der Waals surface area contributed by atoms with E-state index in [1.807, 2.05) is 0 Å². The molecule has 2 aromatic rings. The summed E-state index contributed by atoms with van der Waals surface area (Å²) < 4.78 is 131. The van der Waals surface area contributed by atoms with Crippen molar-refractivity contribution in [2.75, 3.05) is 42.8 Å². The summed E-state index contributed by atoms with van der Waals surface area (Å²) >= 11 is 0. The zero-order valence-electron chi connectivity index (χ0n) is 19.5. The van der Waals surface area contributed by atoms with Crippen LogP contribution >= 0.6 is 0 Å². The first kappa shape index (κ1) is 28.2. The summed E-state index contributed by atoms with van der Waals surface area (Å²) in [5.74, 6) is -0.463. The van der Waals surface area contributed by atoms with Crippen LogP contribution in [0.2, 0.25) is 0 Å². The van der Waals surface area contributed by atoms with E-state index in [0.717, 1.165) is 4.31 Å². The molecule has 1 amide bonds. The molecule has 208 valence electrons. The molecule has 0 radical (unpaired) electrons. The lowest BCUT2D eigenvalue weighted by Gasteiger charge is -2.34. The first-order valence-electron chi connectivity index (χ1n) is 11.2. The summed E-state index contributed by atoms with van der Waals surface area (Å²) in [4.78, 5) is 13.0. The van der Waals surface area contributed by atoms with Crippen molar-refractivity contribution in [1.29, 1.82) is 0 Å². The summed E-state index contributed by atoms with van der Waals surface area (Å²) in [6.07, 6.45) is -9.93. The van der Waals surface area contributed by atoms with Gasteiger partial charge in [0.15, 0.2) is 0 Å². The van der Waals surface area contributed by atoms with Crippen LogP contribution in [0.25, 0.3) is 0 Å². The molecule has 0 aliphatic carbocycles. The van der Waals surface area contributed by atoms with Crippen LogP contribution in [-0.2, 0) is 32.4 Å². The van der Waals surface area contributed by atoms with Crippen molar-refractivity contribution in [2.24, 2.45) is 0 Å². The smallest absolute Gasteiger partial charge is 0.336 e. The first-order valence-corrected chi connectivity index (χ1v) is 14.2. The van der Waals surface area contributed by atoms with E-state index < -0.39 is 54.3 Å². The molecule has 8 nitrogen and oxygen atoms in total. The third kappa shape index (κ3) is 5.61. The van der Waals surface area contributed by atoms with E-state index >= 15 is 0 Å². The maximum atomic E-state index is 13.2. The number of amides is 1. The van der Waals surface area contributed by atoms with Gasteiger partial charge in [-0.25, -0.2) is 16.8 Å². The Morgan fingerprint density at radius 1 is 0.789 bits per heavy atom. The second-order valence-corrected chi connectivity index (χ2v) is 12.7. The number of halogens is 6. The summed E-state index contributed by atoms with van der Waals surface area (Å²) in [6.45, 7) is -0.704. The van der Waals surface area contributed by atoms with Gasteiger partial charge in [0.25, 0.3) is 5.91 Å². The molecule has 0 unspecified atom stereocenters. The summed E-state index contributed by atoms with van der Waals surface area (Å²) in [5.41, 5.74) is -2.89. The molecule has 2 aliphatic rings. The highest BCUT2D eigenvalue weighted by Gasteiger charge is 2.40. The Bertz CT molecular complexity index is 1400. The second-order valence-electron chi connectivity index (χ2n) is 8.73. The summed E-state index contributed by atoms with van der Waals surface area (Å²) in [7, 11) is -8.14. The first-order chi connectivity index (χ1) is 17.5. The molecule has 16 heteroatoms. The fraction of sp³-hybridized carbons (Fsp3) is 0.409. The van der Waals surface area contributed by atoms with Crippen molar-refractivity contribution in [3.63, 3.8) is 0 Å². The molecule has 2 heterocycles. The minimum atomic E-state index is -5.20. The van der Waals surface area contributed by atoms with Crippen molar-refractivity contribution in [3.05, 3.63) is 59.2 Å². The van der Waals surface area contributed by atoms with E-state index in [1.165, 1.54) is 33.5 Å². The minimum absolute atomic E-state index is 0.0267. The van der Waals surface area contributed by atoms with Crippen molar-refractivity contribution in [2.45, 2.75) is 23.7 Å². The van der Waals surface area contributed by atoms with Gasteiger partial charge in [-0.05, 0) is 48.9 Å². The lowest BCUT2D eigenvalue weighted by atomic mass is 10.1. The Labute approximate surface area is 214 Å². The molecule has 0 spiro atoms. The van der Waals surface area contributed by atoms with Gasteiger partial charge in [0.1, 0.15) is 0 Å². The number of nitrogens with zero attached hydrogens (tertiary/aromatic N) is 3. The quantitative estimate of drug-likeness (QED) is 0.513. The van der Waals surface area contributed by atoms with Gasteiger partial charge in [-0.1, -0.05) is 0 Å². The predicted molar refractivity (Wildman–Crippen MR) is 123 cm³/mol. The Morgan fingerprint density at radius 2 is 1.32 bits per heavy atom. The van der Waals surface area contributed by atoms with Crippen LogP contribution in [0, 0.1) is 0 Å². The zero-order valence-corrected chi connectivity index (χ0v) is 21.1. The topological polar surface area (TPSA) is 95.1 Å². The lowest BCUT2D eigenvalue weighted by Crippen LogP contribution is -2.50. The number of rotatable bonds is 4. The van der Waals surface area contributed by atoms with Gasteiger partial charge < -0.3 is 4.90 Å². The van der Waals surface area contributed by atoms with Crippen LogP contribution in [0.15, 0.2) is 47.4 Å². The average molecular weight is 586 g/mol. The number of sulfonamides is 2. The average Bonchev–Trinajstić information content (AvgIpc) is 3.21. The number of alkyl halides is 6.